The Bertz CT molecular complexity index is 441. The summed E-state index contributed by atoms with van der Waals surface area (Å²) in [5.74, 6) is 2.28. The van der Waals surface area contributed by atoms with Crippen molar-refractivity contribution >= 4 is 23.7 Å². The van der Waals surface area contributed by atoms with Gasteiger partial charge in [0.1, 0.15) is 0 Å². The van der Waals surface area contributed by atoms with Crippen LogP contribution in [0.5, 0.6) is 0 Å². The molecule has 0 aromatic carbocycles. The molecule has 0 aliphatic carbocycles. The van der Waals surface area contributed by atoms with Crippen LogP contribution in [-0.2, 0) is 19.1 Å². The second-order valence-corrected chi connectivity index (χ2v) is 11.8. The van der Waals surface area contributed by atoms with Crippen LogP contribution in [0.15, 0.2) is 0 Å². The highest BCUT2D eigenvalue weighted by Gasteiger charge is 2.04. The first-order chi connectivity index (χ1) is 18.2. The van der Waals surface area contributed by atoms with Gasteiger partial charge in [-0.3, -0.25) is 9.59 Å². The molecule has 0 aliphatic heterocycles. The van der Waals surface area contributed by atoms with Gasteiger partial charge in [0.05, 0.1) is 13.2 Å². The molecule has 0 radical (unpaired) electrons. The number of rotatable bonds is 30. The zero-order valence-electron chi connectivity index (χ0n) is 24.8. The van der Waals surface area contributed by atoms with Gasteiger partial charge in [-0.05, 0) is 50.0 Å². The molecule has 4 nitrogen and oxygen atoms in total. The highest BCUT2D eigenvalue weighted by atomic mass is 32.2. The van der Waals surface area contributed by atoms with Crippen LogP contribution in [0.3, 0.4) is 0 Å². The summed E-state index contributed by atoms with van der Waals surface area (Å²) in [7, 11) is 0. The smallest absolute Gasteiger partial charge is 0.305 e. The second kappa shape index (κ2) is 31.5. The van der Waals surface area contributed by atoms with Crippen LogP contribution in [0, 0.1) is 0 Å². The lowest BCUT2D eigenvalue weighted by Gasteiger charge is -2.06. The lowest BCUT2D eigenvalue weighted by molar-refractivity contribution is -0.144. The van der Waals surface area contributed by atoms with Crippen molar-refractivity contribution < 1.29 is 19.1 Å². The summed E-state index contributed by atoms with van der Waals surface area (Å²) in [5, 5.41) is 0. The van der Waals surface area contributed by atoms with E-state index in [0.717, 1.165) is 50.0 Å². The quantitative estimate of drug-likeness (QED) is 0.0667. The fourth-order valence-electron chi connectivity index (χ4n) is 4.39. The van der Waals surface area contributed by atoms with Gasteiger partial charge < -0.3 is 9.47 Å². The molecule has 0 atom stereocenters. The number of esters is 2. The summed E-state index contributed by atoms with van der Waals surface area (Å²) in [4.78, 5) is 23.6. The Balaban J connectivity index is 3.23. The minimum absolute atomic E-state index is 0.0214. The van der Waals surface area contributed by atoms with E-state index in [9.17, 15) is 9.59 Å². The molecule has 0 N–H and O–H groups in total. The van der Waals surface area contributed by atoms with Crippen LogP contribution in [0.25, 0.3) is 0 Å². The first-order valence-electron chi connectivity index (χ1n) is 16.1. The van der Waals surface area contributed by atoms with Gasteiger partial charge in [-0.15, -0.1) is 0 Å². The first-order valence-corrected chi connectivity index (χ1v) is 17.2. The third-order valence-corrected chi connectivity index (χ3v) is 8.02. The molecule has 0 amide bonds. The average molecular weight is 543 g/mol. The fraction of sp³-hybridized carbons (Fsp3) is 0.938. The molecule has 220 valence electrons. The maximum Gasteiger partial charge on any atom is 0.305 e. The molecule has 0 aliphatic rings. The number of hydrogen-bond acceptors (Lipinski definition) is 5. The molecule has 37 heavy (non-hydrogen) atoms. The Morgan fingerprint density at radius 1 is 0.432 bits per heavy atom. The summed E-state index contributed by atoms with van der Waals surface area (Å²) < 4.78 is 10.7. The van der Waals surface area contributed by atoms with Crippen LogP contribution < -0.4 is 0 Å². The summed E-state index contributed by atoms with van der Waals surface area (Å²) in [5.41, 5.74) is 0. The lowest BCUT2D eigenvalue weighted by atomic mass is 10.1. The predicted molar refractivity (Wildman–Crippen MR) is 161 cm³/mol. The lowest BCUT2D eigenvalue weighted by Crippen LogP contribution is -2.05. The van der Waals surface area contributed by atoms with E-state index in [4.69, 9.17) is 9.47 Å². The van der Waals surface area contributed by atoms with E-state index in [-0.39, 0.29) is 11.9 Å². The van der Waals surface area contributed by atoms with E-state index in [1.807, 2.05) is 11.8 Å². The second-order valence-electron chi connectivity index (χ2n) is 10.6. The van der Waals surface area contributed by atoms with Gasteiger partial charge in [0.15, 0.2) is 0 Å². The highest BCUT2D eigenvalue weighted by Crippen LogP contribution is 2.13. The average Bonchev–Trinajstić information content (AvgIpc) is 2.89. The number of thioether (sulfide) groups is 1. The molecule has 0 saturated carbocycles. The molecule has 0 aromatic rings. The van der Waals surface area contributed by atoms with Gasteiger partial charge in [-0.2, -0.15) is 11.8 Å². The zero-order chi connectivity index (χ0) is 27.1. The molecule has 0 bridgehead atoms. The van der Waals surface area contributed by atoms with Crippen LogP contribution >= 0.6 is 11.8 Å². The normalized spacial score (nSPS) is 11.1. The number of carbonyl (C=O) groups is 2. The van der Waals surface area contributed by atoms with E-state index in [0.29, 0.717) is 26.1 Å². The predicted octanol–water partition coefficient (Wildman–Crippen LogP) is 10.2. The van der Waals surface area contributed by atoms with Gasteiger partial charge >= 0.3 is 11.9 Å². The van der Waals surface area contributed by atoms with E-state index in [1.54, 1.807) is 0 Å². The Hall–Kier alpha value is -0.710. The van der Waals surface area contributed by atoms with Crippen molar-refractivity contribution in [2.45, 2.75) is 168 Å². The van der Waals surface area contributed by atoms with Crippen LogP contribution in [0.1, 0.15) is 168 Å². The summed E-state index contributed by atoms with van der Waals surface area (Å²) in [6, 6.07) is 0. The van der Waals surface area contributed by atoms with Crippen LogP contribution in [0.2, 0.25) is 0 Å². The van der Waals surface area contributed by atoms with Gasteiger partial charge in [-0.1, -0.05) is 117 Å². The number of hydrogen-bond donors (Lipinski definition) is 0. The number of unbranched alkanes of at least 4 members (excludes halogenated alkanes) is 18. The first kappa shape index (κ1) is 36.3. The van der Waals surface area contributed by atoms with E-state index in [1.165, 1.54) is 103 Å². The van der Waals surface area contributed by atoms with Crippen molar-refractivity contribution in [1.29, 1.82) is 0 Å². The van der Waals surface area contributed by atoms with Gasteiger partial charge in [0.25, 0.3) is 0 Å². The van der Waals surface area contributed by atoms with Crippen molar-refractivity contribution in [3.8, 4) is 0 Å². The maximum atomic E-state index is 11.8. The Kier molecular flexibility index (Phi) is 30.9. The van der Waals surface area contributed by atoms with Gasteiger partial charge in [0.2, 0.25) is 0 Å². The third kappa shape index (κ3) is 31.4. The van der Waals surface area contributed by atoms with Gasteiger partial charge in [0, 0.05) is 12.8 Å². The van der Waals surface area contributed by atoms with Crippen LogP contribution in [-0.4, -0.2) is 36.7 Å². The molecule has 0 spiro atoms. The fourth-order valence-corrected chi connectivity index (χ4v) is 5.41. The molecule has 5 heteroatoms. The standard InChI is InChI=1S/C32H62O4S/c1-3-5-7-9-11-13-15-21-27-35-31(33)25-19-17-23-29-37-30-24-18-20-26-32(34)36-28-22-16-14-12-10-8-6-4-2/h3-30H2,1-2H3. The molecule has 0 heterocycles. The van der Waals surface area contributed by atoms with Crippen molar-refractivity contribution in [2.24, 2.45) is 0 Å². The van der Waals surface area contributed by atoms with Crippen molar-refractivity contribution in [3.63, 3.8) is 0 Å². The van der Waals surface area contributed by atoms with Crippen LogP contribution in [0.4, 0.5) is 0 Å². The monoisotopic (exact) mass is 542 g/mol. The molecule has 0 rings (SSSR count). The number of carbonyl (C=O) groups excluding carboxylic acids is 2. The largest absolute Gasteiger partial charge is 0.466 e. The SMILES string of the molecule is CCCCCCCCCCOC(=O)CCCCCSCCCCCC(=O)OCCCCCCCCCC. The summed E-state index contributed by atoms with van der Waals surface area (Å²) in [6.07, 6.45) is 27.9. The van der Waals surface area contributed by atoms with Gasteiger partial charge in [-0.25, -0.2) is 0 Å². The van der Waals surface area contributed by atoms with E-state index >= 15 is 0 Å². The third-order valence-electron chi connectivity index (χ3n) is 6.86. The minimum atomic E-state index is -0.0214. The van der Waals surface area contributed by atoms with E-state index < -0.39 is 0 Å². The zero-order valence-corrected chi connectivity index (χ0v) is 25.7. The van der Waals surface area contributed by atoms with E-state index in [2.05, 4.69) is 13.8 Å². The summed E-state index contributed by atoms with van der Waals surface area (Å²) >= 11 is 1.99. The Morgan fingerprint density at radius 3 is 1.14 bits per heavy atom. The maximum absolute atomic E-state index is 11.8. The molecule has 0 saturated heterocycles. The Labute approximate surface area is 235 Å². The Morgan fingerprint density at radius 2 is 0.757 bits per heavy atom. The molecular formula is C32H62O4S. The molecule has 0 unspecified atom stereocenters. The number of ether oxygens (including phenoxy) is 2. The topological polar surface area (TPSA) is 52.6 Å². The van der Waals surface area contributed by atoms with Crippen molar-refractivity contribution in [1.82, 2.24) is 0 Å². The molecule has 0 fully saturated rings. The van der Waals surface area contributed by atoms with Crippen molar-refractivity contribution in [2.75, 3.05) is 24.7 Å². The van der Waals surface area contributed by atoms with Crippen molar-refractivity contribution in [3.05, 3.63) is 0 Å². The minimum Gasteiger partial charge on any atom is -0.466 e. The summed E-state index contributed by atoms with van der Waals surface area (Å²) in [6.45, 7) is 5.69. The molecular weight excluding hydrogens is 480 g/mol. The molecule has 0 aromatic heterocycles. The highest BCUT2D eigenvalue weighted by molar-refractivity contribution is 7.99.